The molecule has 0 saturated carbocycles. The summed E-state index contributed by atoms with van der Waals surface area (Å²) in [6, 6.07) is 6.74. The van der Waals surface area contributed by atoms with Gasteiger partial charge in [-0.1, -0.05) is 29.3 Å². The average molecular weight is 218 g/mol. The summed E-state index contributed by atoms with van der Waals surface area (Å²) in [5.41, 5.74) is 4.14. The minimum absolute atomic E-state index is 0.903. The van der Waals surface area contributed by atoms with Gasteiger partial charge in [-0.3, -0.25) is 0 Å². The first-order chi connectivity index (χ1) is 7.22. The molecule has 0 spiro atoms. The van der Waals surface area contributed by atoms with Crippen LogP contribution in [0.15, 0.2) is 18.2 Å². The first-order valence-corrected chi connectivity index (χ1v) is 6.46. The Hall–Kier alpha value is -0.870. The summed E-state index contributed by atoms with van der Waals surface area (Å²) in [4.78, 5) is 0. The first kappa shape index (κ1) is 12.2. The highest BCUT2D eigenvalue weighted by Gasteiger charge is 1.96. The number of thioether (sulfide) groups is 1. The van der Waals surface area contributed by atoms with E-state index in [0.717, 1.165) is 24.3 Å². The van der Waals surface area contributed by atoms with Gasteiger partial charge in [0, 0.05) is 12.2 Å². The number of hydrogen-bond donors (Lipinski definition) is 0. The Morgan fingerprint density at radius 1 is 1.20 bits per heavy atom. The standard InChI is InChI=1S/C14H18S/c1-4-5-6-7-15-11-14-9-12(2)8-13(3)10-14/h1,8-10H,5-7,11H2,2-3H3. The highest BCUT2D eigenvalue weighted by molar-refractivity contribution is 7.98. The maximum Gasteiger partial charge on any atom is 0.0184 e. The molecule has 1 rings (SSSR count). The molecule has 1 heteroatoms. The Kier molecular flexibility index (Phi) is 5.36. The van der Waals surface area contributed by atoms with Crippen molar-refractivity contribution >= 4 is 11.8 Å². The number of rotatable bonds is 5. The minimum atomic E-state index is 0.903. The smallest absolute Gasteiger partial charge is 0.0184 e. The van der Waals surface area contributed by atoms with Gasteiger partial charge in [-0.25, -0.2) is 0 Å². The van der Waals surface area contributed by atoms with E-state index in [-0.39, 0.29) is 0 Å². The van der Waals surface area contributed by atoms with Crippen molar-refractivity contribution in [3.63, 3.8) is 0 Å². The van der Waals surface area contributed by atoms with Crippen molar-refractivity contribution < 1.29 is 0 Å². The van der Waals surface area contributed by atoms with E-state index < -0.39 is 0 Å². The van der Waals surface area contributed by atoms with Gasteiger partial charge in [0.25, 0.3) is 0 Å². The van der Waals surface area contributed by atoms with Crippen LogP contribution >= 0.6 is 11.8 Å². The molecule has 0 radical (unpaired) electrons. The van der Waals surface area contributed by atoms with Crippen LogP contribution in [0.5, 0.6) is 0 Å². The van der Waals surface area contributed by atoms with Gasteiger partial charge < -0.3 is 0 Å². The Morgan fingerprint density at radius 3 is 2.47 bits per heavy atom. The zero-order valence-corrected chi connectivity index (χ0v) is 10.4. The second kappa shape index (κ2) is 6.58. The van der Waals surface area contributed by atoms with Crippen LogP contribution < -0.4 is 0 Å². The lowest BCUT2D eigenvalue weighted by Gasteiger charge is -2.04. The maximum absolute atomic E-state index is 5.20. The van der Waals surface area contributed by atoms with E-state index in [4.69, 9.17) is 6.42 Å². The molecule has 1 aromatic carbocycles. The predicted octanol–water partition coefficient (Wildman–Crippen LogP) is 3.95. The van der Waals surface area contributed by atoms with Gasteiger partial charge >= 0.3 is 0 Å². The van der Waals surface area contributed by atoms with E-state index in [2.05, 4.69) is 38.0 Å². The molecule has 1 aromatic rings. The molecular weight excluding hydrogens is 200 g/mol. The fraction of sp³-hybridized carbons (Fsp3) is 0.429. The van der Waals surface area contributed by atoms with Crippen molar-refractivity contribution in [1.82, 2.24) is 0 Å². The Balaban J connectivity index is 2.34. The quantitative estimate of drug-likeness (QED) is 0.532. The van der Waals surface area contributed by atoms with Crippen molar-refractivity contribution in [2.24, 2.45) is 0 Å². The van der Waals surface area contributed by atoms with Crippen LogP contribution in [-0.2, 0) is 5.75 Å². The largest absolute Gasteiger partial charge is 0.157 e. The molecule has 0 heterocycles. The number of hydrogen-bond acceptors (Lipinski definition) is 1. The summed E-state index contributed by atoms with van der Waals surface area (Å²) < 4.78 is 0. The molecule has 0 aliphatic heterocycles. The van der Waals surface area contributed by atoms with Gasteiger partial charge in [-0.15, -0.1) is 12.3 Å². The van der Waals surface area contributed by atoms with Gasteiger partial charge in [0.15, 0.2) is 0 Å². The molecule has 80 valence electrons. The van der Waals surface area contributed by atoms with Crippen molar-refractivity contribution in [3.8, 4) is 12.3 Å². The van der Waals surface area contributed by atoms with Crippen LogP contribution in [0.25, 0.3) is 0 Å². The Morgan fingerprint density at radius 2 is 1.87 bits per heavy atom. The highest BCUT2D eigenvalue weighted by Crippen LogP contribution is 2.16. The molecule has 0 aliphatic rings. The number of benzene rings is 1. The number of terminal acetylenes is 1. The Labute approximate surface area is 97.5 Å². The van der Waals surface area contributed by atoms with Crippen molar-refractivity contribution in [1.29, 1.82) is 0 Å². The van der Waals surface area contributed by atoms with E-state index >= 15 is 0 Å². The van der Waals surface area contributed by atoms with Gasteiger partial charge in [0.1, 0.15) is 0 Å². The van der Waals surface area contributed by atoms with E-state index in [0.29, 0.717) is 0 Å². The molecule has 0 saturated heterocycles. The zero-order valence-electron chi connectivity index (χ0n) is 9.55. The second-order valence-corrected chi connectivity index (χ2v) is 4.96. The van der Waals surface area contributed by atoms with Gasteiger partial charge in [0.2, 0.25) is 0 Å². The molecule has 0 aliphatic carbocycles. The molecule has 0 amide bonds. The lowest BCUT2D eigenvalue weighted by Crippen LogP contribution is -1.86. The molecule has 0 atom stereocenters. The predicted molar refractivity (Wildman–Crippen MR) is 70.1 cm³/mol. The fourth-order valence-electron chi connectivity index (χ4n) is 1.62. The maximum atomic E-state index is 5.20. The summed E-state index contributed by atoms with van der Waals surface area (Å²) in [6.45, 7) is 4.30. The molecule has 0 nitrogen and oxygen atoms in total. The second-order valence-electron chi connectivity index (χ2n) is 3.86. The summed E-state index contributed by atoms with van der Waals surface area (Å²) in [5, 5.41) is 0. The lowest BCUT2D eigenvalue weighted by molar-refractivity contribution is 0.997. The molecular formula is C14H18S. The molecule has 0 fully saturated rings. The summed E-state index contributed by atoms with van der Waals surface area (Å²) in [7, 11) is 0. The third kappa shape index (κ3) is 4.95. The molecule has 0 unspecified atom stereocenters. The van der Waals surface area contributed by atoms with Crippen LogP contribution in [0.4, 0.5) is 0 Å². The van der Waals surface area contributed by atoms with E-state index in [9.17, 15) is 0 Å². The minimum Gasteiger partial charge on any atom is -0.157 e. The van der Waals surface area contributed by atoms with E-state index in [1.807, 2.05) is 11.8 Å². The van der Waals surface area contributed by atoms with E-state index in [1.54, 1.807) is 0 Å². The first-order valence-electron chi connectivity index (χ1n) is 5.31. The topological polar surface area (TPSA) is 0 Å². The lowest BCUT2D eigenvalue weighted by atomic mass is 10.1. The van der Waals surface area contributed by atoms with Crippen LogP contribution in [0.1, 0.15) is 29.5 Å². The molecule has 0 N–H and O–H groups in total. The Bertz CT molecular complexity index is 327. The molecule has 0 aromatic heterocycles. The molecule has 0 bridgehead atoms. The summed E-state index contributed by atoms with van der Waals surface area (Å²) >= 11 is 1.97. The summed E-state index contributed by atoms with van der Waals surface area (Å²) in [5.74, 6) is 4.94. The van der Waals surface area contributed by atoms with Crippen LogP contribution in [0.3, 0.4) is 0 Å². The highest BCUT2D eigenvalue weighted by atomic mass is 32.2. The van der Waals surface area contributed by atoms with Gasteiger partial charge in [-0.05, 0) is 31.6 Å². The van der Waals surface area contributed by atoms with Gasteiger partial charge in [0.05, 0.1) is 0 Å². The van der Waals surface area contributed by atoms with Gasteiger partial charge in [-0.2, -0.15) is 11.8 Å². The van der Waals surface area contributed by atoms with E-state index in [1.165, 1.54) is 16.7 Å². The third-order valence-electron chi connectivity index (χ3n) is 2.16. The number of unbranched alkanes of at least 4 members (excludes halogenated alkanes) is 1. The van der Waals surface area contributed by atoms with Crippen molar-refractivity contribution in [2.75, 3.05) is 5.75 Å². The van der Waals surface area contributed by atoms with Crippen LogP contribution in [0.2, 0.25) is 0 Å². The monoisotopic (exact) mass is 218 g/mol. The van der Waals surface area contributed by atoms with Crippen molar-refractivity contribution in [3.05, 3.63) is 34.9 Å². The SMILES string of the molecule is C#CCCCSCc1cc(C)cc(C)c1. The number of aryl methyl sites for hydroxylation is 2. The van der Waals surface area contributed by atoms with Crippen LogP contribution in [-0.4, -0.2) is 5.75 Å². The molecule has 15 heavy (non-hydrogen) atoms. The summed E-state index contributed by atoms with van der Waals surface area (Å²) in [6.07, 6.45) is 7.24. The average Bonchev–Trinajstić information content (AvgIpc) is 2.16. The third-order valence-corrected chi connectivity index (χ3v) is 3.27. The van der Waals surface area contributed by atoms with Crippen LogP contribution in [0, 0.1) is 26.2 Å². The van der Waals surface area contributed by atoms with Crippen molar-refractivity contribution in [2.45, 2.75) is 32.4 Å². The normalized spacial score (nSPS) is 9.93. The fourth-order valence-corrected chi connectivity index (χ4v) is 2.51. The zero-order chi connectivity index (χ0) is 11.1.